The number of carbonyl (C=O) groups is 1. The van der Waals surface area contributed by atoms with Gasteiger partial charge in [0, 0.05) is 0 Å². The van der Waals surface area contributed by atoms with E-state index in [9.17, 15) is 4.79 Å². The van der Waals surface area contributed by atoms with E-state index in [2.05, 4.69) is 0 Å². The molecule has 1 unspecified atom stereocenters. The summed E-state index contributed by atoms with van der Waals surface area (Å²) in [5.74, 6) is -0.483. The fourth-order valence-electron chi connectivity index (χ4n) is 2.19. The summed E-state index contributed by atoms with van der Waals surface area (Å²) in [5, 5.41) is 8.98. The maximum atomic E-state index is 10.9. The molecule has 2 rings (SSSR count). The Labute approximate surface area is 82.5 Å². The summed E-state index contributed by atoms with van der Waals surface area (Å²) in [6, 6.07) is 5.46. The van der Waals surface area contributed by atoms with Crippen LogP contribution in [0.4, 0.5) is 0 Å². The van der Waals surface area contributed by atoms with Crippen molar-refractivity contribution in [2.24, 2.45) is 5.73 Å². The number of aromatic carboxylic acids is 1. The molecule has 74 valence electrons. The normalized spacial score (nSPS) is 19.4. The Morgan fingerprint density at radius 3 is 3.00 bits per heavy atom. The second-order valence-corrected chi connectivity index (χ2v) is 3.65. The fourth-order valence-corrected chi connectivity index (χ4v) is 2.19. The van der Waals surface area contributed by atoms with Crippen LogP contribution in [-0.2, 0) is 6.42 Å². The lowest BCUT2D eigenvalue weighted by atomic mass is 9.99. The largest absolute Gasteiger partial charge is 0.478 e. The Hall–Kier alpha value is -1.35. The summed E-state index contributed by atoms with van der Waals surface area (Å²) >= 11 is 0. The second-order valence-electron chi connectivity index (χ2n) is 3.65. The Bertz CT molecular complexity index is 374. The molecule has 0 bridgehead atoms. The highest BCUT2D eigenvalue weighted by molar-refractivity contribution is 5.90. The van der Waals surface area contributed by atoms with E-state index in [1.165, 1.54) is 0 Å². The first-order valence-corrected chi connectivity index (χ1v) is 4.79. The van der Waals surface area contributed by atoms with Gasteiger partial charge in [0.2, 0.25) is 0 Å². The molecule has 0 heterocycles. The van der Waals surface area contributed by atoms with Crippen molar-refractivity contribution in [2.45, 2.75) is 18.8 Å². The number of benzene rings is 1. The third-order valence-corrected chi connectivity index (χ3v) is 2.91. The number of carboxylic acid groups (broad SMARTS) is 1. The molecular formula is C11H13NO2. The van der Waals surface area contributed by atoms with E-state index in [4.69, 9.17) is 10.8 Å². The lowest BCUT2D eigenvalue weighted by Gasteiger charge is -2.08. The molecule has 1 aromatic rings. The first kappa shape index (κ1) is 9.21. The van der Waals surface area contributed by atoms with Crippen molar-refractivity contribution >= 4 is 5.97 Å². The molecular weight excluding hydrogens is 178 g/mol. The fraction of sp³-hybridized carbons (Fsp3) is 0.364. The highest BCUT2D eigenvalue weighted by Crippen LogP contribution is 2.34. The molecule has 0 aliphatic heterocycles. The van der Waals surface area contributed by atoms with Gasteiger partial charge in [0.1, 0.15) is 0 Å². The van der Waals surface area contributed by atoms with Crippen LogP contribution in [0, 0.1) is 0 Å². The molecule has 0 fully saturated rings. The zero-order valence-corrected chi connectivity index (χ0v) is 7.86. The Kier molecular flexibility index (Phi) is 2.25. The number of rotatable bonds is 2. The van der Waals surface area contributed by atoms with Crippen molar-refractivity contribution < 1.29 is 9.90 Å². The topological polar surface area (TPSA) is 63.3 Å². The van der Waals surface area contributed by atoms with Gasteiger partial charge in [-0.15, -0.1) is 0 Å². The first-order valence-electron chi connectivity index (χ1n) is 4.79. The van der Waals surface area contributed by atoms with Crippen LogP contribution in [0.15, 0.2) is 18.2 Å². The van der Waals surface area contributed by atoms with Crippen LogP contribution in [-0.4, -0.2) is 17.6 Å². The van der Waals surface area contributed by atoms with Crippen molar-refractivity contribution in [1.82, 2.24) is 0 Å². The van der Waals surface area contributed by atoms with Gasteiger partial charge in [0.05, 0.1) is 5.56 Å². The van der Waals surface area contributed by atoms with Crippen LogP contribution < -0.4 is 5.73 Å². The molecule has 0 aromatic heterocycles. The molecule has 0 amide bonds. The number of carboxylic acids is 1. The molecule has 1 aromatic carbocycles. The van der Waals surface area contributed by atoms with Crippen molar-refractivity contribution in [3.8, 4) is 0 Å². The maximum Gasteiger partial charge on any atom is 0.335 e. The van der Waals surface area contributed by atoms with Gasteiger partial charge in [-0.25, -0.2) is 4.79 Å². The number of hydrogen-bond donors (Lipinski definition) is 2. The predicted molar refractivity (Wildman–Crippen MR) is 53.5 cm³/mol. The lowest BCUT2D eigenvalue weighted by Crippen LogP contribution is -2.09. The summed E-state index contributed by atoms with van der Waals surface area (Å²) < 4.78 is 0. The molecule has 14 heavy (non-hydrogen) atoms. The van der Waals surface area contributed by atoms with Gasteiger partial charge in [-0.1, -0.05) is 12.1 Å². The molecule has 3 nitrogen and oxygen atoms in total. The third kappa shape index (κ3) is 1.30. The van der Waals surface area contributed by atoms with Gasteiger partial charge in [-0.2, -0.15) is 0 Å². The van der Waals surface area contributed by atoms with Crippen LogP contribution in [0.5, 0.6) is 0 Å². The second kappa shape index (κ2) is 3.42. The molecule has 0 saturated heterocycles. The summed E-state index contributed by atoms with van der Waals surface area (Å²) in [4.78, 5) is 10.9. The van der Waals surface area contributed by atoms with Crippen molar-refractivity contribution in [2.75, 3.05) is 6.54 Å². The monoisotopic (exact) mass is 191 g/mol. The molecule has 1 aliphatic carbocycles. The standard InChI is InChI=1S/C11H13NO2/c12-6-7-4-5-9-8(7)2-1-3-10(9)11(13)14/h1-3,7H,4-6,12H2,(H,13,14). The van der Waals surface area contributed by atoms with Gasteiger partial charge in [0.15, 0.2) is 0 Å². The summed E-state index contributed by atoms with van der Waals surface area (Å²) in [6.45, 7) is 0.607. The molecule has 1 aliphatic rings. The average molecular weight is 191 g/mol. The van der Waals surface area contributed by atoms with Crippen LogP contribution in [0.1, 0.15) is 33.8 Å². The first-order chi connectivity index (χ1) is 6.74. The Balaban J connectivity index is 2.49. The van der Waals surface area contributed by atoms with Gasteiger partial charge >= 0.3 is 5.97 Å². The molecule has 0 saturated carbocycles. The van der Waals surface area contributed by atoms with Crippen LogP contribution in [0.3, 0.4) is 0 Å². The highest BCUT2D eigenvalue weighted by atomic mass is 16.4. The van der Waals surface area contributed by atoms with E-state index in [0.29, 0.717) is 18.0 Å². The quantitative estimate of drug-likeness (QED) is 0.742. The highest BCUT2D eigenvalue weighted by Gasteiger charge is 2.25. The zero-order chi connectivity index (χ0) is 10.1. The van der Waals surface area contributed by atoms with E-state index >= 15 is 0 Å². The van der Waals surface area contributed by atoms with Crippen molar-refractivity contribution in [1.29, 1.82) is 0 Å². The van der Waals surface area contributed by atoms with Crippen LogP contribution >= 0.6 is 0 Å². The number of fused-ring (bicyclic) bond motifs is 1. The molecule has 1 atom stereocenters. The van der Waals surface area contributed by atoms with E-state index in [-0.39, 0.29) is 0 Å². The van der Waals surface area contributed by atoms with Gasteiger partial charge < -0.3 is 10.8 Å². The predicted octanol–water partition coefficient (Wildman–Crippen LogP) is 1.37. The third-order valence-electron chi connectivity index (χ3n) is 2.91. The minimum Gasteiger partial charge on any atom is -0.478 e. The minimum absolute atomic E-state index is 0.351. The molecule has 3 heteroatoms. The smallest absolute Gasteiger partial charge is 0.335 e. The average Bonchev–Trinajstić information content (AvgIpc) is 2.59. The zero-order valence-electron chi connectivity index (χ0n) is 7.86. The molecule has 0 spiro atoms. The van der Waals surface area contributed by atoms with E-state index < -0.39 is 5.97 Å². The molecule has 3 N–H and O–H groups in total. The Morgan fingerprint density at radius 1 is 1.57 bits per heavy atom. The Morgan fingerprint density at radius 2 is 2.36 bits per heavy atom. The van der Waals surface area contributed by atoms with Gasteiger partial charge in [-0.05, 0) is 42.5 Å². The maximum absolute atomic E-state index is 10.9. The summed E-state index contributed by atoms with van der Waals surface area (Å²) in [7, 11) is 0. The van der Waals surface area contributed by atoms with Crippen molar-refractivity contribution in [3.63, 3.8) is 0 Å². The van der Waals surface area contributed by atoms with Crippen LogP contribution in [0.2, 0.25) is 0 Å². The number of hydrogen-bond acceptors (Lipinski definition) is 2. The lowest BCUT2D eigenvalue weighted by molar-refractivity contribution is 0.0696. The number of nitrogens with two attached hydrogens (primary N) is 1. The minimum atomic E-state index is -0.834. The van der Waals surface area contributed by atoms with Crippen LogP contribution in [0.25, 0.3) is 0 Å². The summed E-state index contributed by atoms with van der Waals surface area (Å²) in [5.41, 5.74) is 8.18. The molecule has 0 radical (unpaired) electrons. The van der Waals surface area contributed by atoms with Gasteiger partial charge in [-0.3, -0.25) is 0 Å². The van der Waals surface area contributed by atoms with E-state index in [1.807, 2.05) is 6.07 Å². The van der Waals surface area contributed by atoms with Gasteiger partial charge in [0.25, 0.3) is 0 Å². The van der Waals surface area contributed by atoms with Crippen molar-refractivity contribution in [3.05, 3.63) is 34.9 Å². The summed E-state index contributed by atoms with van der Waals surface area (Å²) in [6.07, 6.45) is 1.83. The van der Waals surface area contributed by atoms with E-state index in [0.717, 1.165) is 24.0 Å². The van der Waals surface area contributed by atoms with E-state index in [1.54, 1.807) is 12.1 Å². The SMILES string of the molecule is NCC1CCc2c(C(=O)O)cccc21.